The minimum atomic E-state index is -0.999. The van der Waals surface area contributed by atoms with Crippen molar-refractivity contribution in [3.63, 3.8) is 0 Å². The number of hydrogen-bond acceptors (Lipinski definition) is 3. The van der Waals surface area contributed by atoms with E-state index in [0.29, 0.717) is 24.0 Å². The lowest BCUT2D eigenvalue weighted by molar-refractivity contribution is 0.0691. The van der Waals surface area contributed by atoms with Crippen LogP contribution in [-0.2, 0) is 0 Å². The summed E-state index contributed by atoms with van der Waals surface area (Å²) in [6.45, 7) is 0.564. The van der Waals surface area contributed by atoms with Crippen molar-refractivity contribution >= 4 is 11.7 Å². The number of benzene rings is 1. The molecule has 0 spiro atoms. The van der Waals surface area contributed by atoms with Gasteiger partial charge in [-0.1, -0.05) is 25.3 Å². The van der Waals surface area contributed by atoms with Crippen molar-refractivity contribution in [1.29, 1.82) is 0 Å². The van der Waals surface area contributed by atoms with E-state index in [1.807, 2.05) is 0 Å². The Morgan fingerprint density at radius 1 is 1.33 bits per heavy atom. The average molecular weight is 249 g/mol. The lowest BCUT2D eigenvalue weighted by Gasteiger charge is -2.22. The third-order valence-electron chi connectivity index (χ3n) is 3.46. The molecule has 0 heterocycles. The van der Waals surface area contributed by atoms with E-state index < -0.39 is 5.97 Å². The minimum Gasteiger partial charge on any atom is -0.490 e. The molecule has 18 heavy (non-hydrogen) atoms. The summed E-state index contributed by atoms with van der Waals surface area (Å²) in [5.74, 6) is -0.156. The second-order valence-electron chi connectivity index (χ2n) is 4.84. The van der Waals surface area contributed by atoms with E-state index in [2.05, 4.69) is 0 Å². The zero-order valence-electron chi connectivity index (χ0n) is 10.4. The number of para-hydroxylation sites is 1. The zero-order chi connectivity index (χ0) is 13.0. The number of carbonyl (C=O) groups is 1. The monoisotopic (exact) mass is 249 g/mol. The van der Waals surface area contributed by atoms with Crippen LogP contribution in [0.4, 0.5) is 5.69 Å². The fourth-order valence-electron chi connectivity index (χ4n) is 2.44. The molecule has 2 rings (SSSR count). The lowest BCUT2D eigenvalue weighted by Crippen LogP contribution is -2.17. The van der Waals surface area contributed by atoms with Crippen molar-refractivity contribution in [3.8, 4) is 5.75 Å². The summed E-state index contributed by atoms with van der Waals surface area (Å²) in [6, 6.07) is 4.82. The predicted molar refractivity (Wildman–Crippen MR) is 69.9 cm³/mol. The van der Waals surface area contributed by atoms with Crippen LogP contribution in [0.2, 0.25) is 0 Å². The molecule has 1 saturated carbocycles. The molecule has 0 aromatic heterocycles. The maximum absolute atomic E-state index is 11.1. The summed E-state index contributed by atoms with van der Waals surface area (Å²) >= 11 is 0. The van der Waals surface area contributed by atoms with Gasteiger partial charge in [-0.3, -0.25) is 0 Å². The number of nitrogens with two attached hydrogens (primary N) is 1. The summed E-state index contributed by atoms with van der Waals surface area (Å²) < 4.78 is 5.66. The van der Waals surface area contributed by atoms with Gasteiger partial charge >= 0.3 is 5.97 Å². The van der Waals surface area contributed by atoms with Gasteiger partial charge in [0.2, 0.25) is 0 Å². The molecule has 1 aliphatic carbocycles. The van der Waals surface area contributed by atoms with Crippen LogP contribution >= 0.6 is 0 Å². The number of aromatic carboxylic acids is 1. The van der Waals surface area contributed by atoms with Gasteiger partial charge in [0.1, 0.15) is 5.56 Å². The first-order chi connectivity index (χ1) is 8.68. The summed E-state index contributed by atoms with van der Waals surface area (Å²) in [5, 5.41) is 9.09. The number of nitrogen functional groups attached to an aromatic ring is 1. The SMILES string of the molecule is Nc1cccc(C(=O)O)c1OCC1CCCCC1. The van der Waals surface area contributed by atoms with Crippen LogP contribution in [0.5, 0.6) is 5.75 Å². The molecular weight excluding hydrogens is 230 g/mol. The summed E-state index contributed by atoms with van der Waals surface area (Å²) in [5.41, 5.74) is 6.32. The van der Waals surface area contributed by atoms with Gasteiger partial charge in [-0.2, -0.15) is 0 Å². The van der Waals surface area contributed by atoms with Crippen LogP contribution < -0.4 is 10.5 Å². The van der Waals surface area contributed by atoms with Crippen molar-refractivity contribution in [2.45, 2.75) is 32.1 Å². The van der Waals surface area contributed by atoms with Gasteiger partial charge in [0, 0.05) is 0 Å². The molecular formula is C14H19NO3. The third kappa shape index (κ3) is 2.94. The first kappa shape index (κ1) is 12.7. The second kappa shape index (κ2) is 5.76. The molecule has 0 aliphatic heterocycles. The van der Waals surface area contributed by atoms with Crippen molar-refractivity contribution in [2.24, 2.45) is 5.92 Å². The Labute approximate surface area is 107 Å². The molecule has 98 valence electrons. The summed E-state index contributed by atoms with van der Waals surface area (Å²) in [6.07, 6.45) is 6.10. The van der Waals surface area contributed by atoms with E-state index >= 15 is 0 Å². The van der Waals surface area contributed by atoms with E-state index in [1.165, 1.54) is 25.3 Å². The molecule has 0 radical (unpaired) electrons. The highest BCUT2D eigenvalue weighted by Gasteiger charge is 2.18. The maximum atomic E-state index is 11.1. The van der Waals surface area contributed by atoms with Crippen molar-refractivity contribution in [2.75, 3.05) is 12.3 Å². The number of hydrogen-bond donors (Lipinski definition) is 2. The number of carboxylic acid groups (broad SMARTS) is 1. The topological polar surface area (TPSA) is 72.6 Å². The Kier molecular flexibility index (Phi) is 4.07. The Hall–Kier alpha value is -1.71. The van der Waals surface area contributed by atoms with Gasteiger partial charge in [0.05, 0.1) is 12.3 Å². The summed E-state index contributed by atoms with van der Waals surface area (Å²) in [4.78, 5) is 11.1. The van der Waals surface area contributed by atoms with Gasteiger partial charge in [-0.25, -0.2) is 4.79 Å². The van der Waals surface area contributed by atoms with Crippen LogP contribution in [0.25, 0.3) is 0 Å². The molecule has 3 N–H and O–H groups in total. The minimum absolute atomic E-state index is 0.144. The van der Waals surface area contributed by atoms with E-state index in [0.717, 1.165) is 12.8 Å². The standard InChI is InChI=1S/C14H19NO3/c15-12-8-4-7-11(14(16)17)13(12)18-9-10-5-2-1-3-6-10/h4,7-8,10H,1-3,5-6,9,15H2,(H,16,17). The average Bonchev–Trinajstić information content (AvgIpc) is 2.38. The van der Waals surface area contributed by atoms with Crippen LogP contribution in [-0.4, -0.2) is 17.7 Å². The second-order valence-corrected chi connectivity index (χ2v) is 4.84. The predicted octanol–water partition coefficient (Wildman–Crippen LogP) is 2.93. The number of rotatable bonds is 4. The highest BCUT2D eigenvalue weighted by Crippen LogP contribution is 2.29. The van der Waals surface area contributed by atoms with Gasteiger partial charge in [-0.05, 0) is 30.9 Å². The van der Waals surface area contributed by atoms with Crippen molar-refractivity contribution < 1.29 is 14.6 Å². The highest BCUT2D eigenvalue weighted by molar-refractivity contribution is 5.93. The molecule has 4 nitrogen and oxygen atoms in total. The Morgan fingerprint density at radius 2 is 2.06 bits per heavy atom. The molecule has 1 aromatic carbocycles. The normalized spacial score (nSPS) is 16.4. The largest absolute Gasteiger partial charge is 0.490 e. The number of ether oxygens (including phenoxy) is 1. The molecule has 0 amide bonds. The Bertz CT molecular complexity index is 425. The van der Waals surface area contributed by atoms with Gasteiger partial charge < -0.3 is 15.6 Å². The van der Waals surface area contributed by atoms with E-state index in [9.17, 15) is 4.79 Å². The van der Waals surface area contributed by atoms with Gasteiger partial charge in [0.15, 0.2) is 5.75 Å². The van der Waals surface area contributed by atoms with Crippen LogP contribution in [0.1, 0.15) is 42.5 Å². The van der Waals surface area contributed by atoms with Gasteiger partial charge in [0.25, 0.3) is 0 Å². The Morgan fingerprint density at radius 3 is 2.72 bits per heavy atom. The zero-order valence-corrected chi connectivity index (χ0v) is 10.4. The van der Waals surface area contributed by atoms with E-state index in [1.54, 1.807) is 12.1 Å². The van der Waals surface area contributed by atoms with E-state index in [4.69, 9.17) is 15.6 Å². The quantitative estimate of drug-likeness (QED) is 0.805. The molecule has 4 heteroatoms. The Balaban J connectivity index is 2.05. The molecule has 1 aromatic rings. The molecule has 1 fully saturated rings. The molecule has 0 bridgehead atoms. The first-order valence-electron chi connectivity index (χ1n) is 6.43. The number of anilines is 1. The van der Waals surface area contributed by atoms with Crippen molar-refractivity contribution in [3.05, 3.63) is 23.8 Å². The van der Waals surface area contributed by atoms with Crippen LogP contribution in [0.3, 0.4) is 0 Å². The van der Waals surface area contributed by atoms with Crippen LogP contribution in [0.15, 0.2) is 18.2 Å². The van der Waals surface area contributed by atoms with Crippen molar-refractivity contribution in [1.82, 2.24) is 0 Å². The fourth-order valence-corrected chi connectivity index (χ4v) is 2.44. The van der Waals surface area contributed by atoms with Crippen LogP contribution in [0, 0.1) is 5.92 Å². The molecule has 0 unspecified atom stereocenters. The first-order valence-corrected chi connectivity index (χ1v) is 6.43. The molecule has 0 atom stereocenters. The highest BCUT2D eigenvalue weighted by atomic mass is 16.5. The molecule has 0 saturated heterocycles. The summed E-state index contributed by atoms with van der Waals surface area (Å²) in [7, 11) is 0. The maximum Gasteiger partial charge on any atom is 0.339 e. The van der Waals surface area contributed by atoms with Gasteiger partial charge in [-0.15, -0.1) is 0 Å². The smallest absolute Gasteiger partial charge is 0.339 e. The van der Waals surface area contributed by atoms with E-state index in [-0.39, 0.29) is 5.56 Å². The fraction of sp³-hybridized carbons (Fsp3) is 0.500. The molecule has 1 aliphatic rings. The lowest BCUT2D eigenvalue weighted by atomic mass is 9.90. The number of carboxylic acids is 1. The third-order valence-corrected chi connectivity index (χ3v) is 3.46.